The summed E-state index contributed by atoms with van der Waals surface area (Å²) in [6, 6.07) is -0.694. The standard InChI is InChI=1S/C44H85NO5/c1-4-7-10-13-16-19-21-22-23-25-28-31-34-37-44(49)50-40(35-32-29-26-18-15-12-9-6-3)38-43(48)45-41(39-46)42(47)36-33-30-27-24-20-17-14-11-8-5-2/h22-23,40-42,46-47H,4-21,24-39H2,1-3H3,(H,45,48)/b23-22-. The third-order valence-electron chi connectivity index (χ3n) is 10.1. The van der Waals surface area contributed by atoms with Crippen molar-refractivity contribution in [2.75, 3.05) is 6.61 Å². The number of hydrogen-bond acceptors (Lipinski definition) is 5. The first-order chi connectivity index (χ1) is 24.5. The van der Waals surface area contributed by atoms with Crippen LogP contribution in [-0.4, -0.2) is 46.9 Å². The Kier molecular flexibility index (Phi) is 37.7. The molecule has 0 fully saturated rings. The first-order valence-electron chi connectivity index (χ1n) is 21.9. The minimum atomic E-state index is -0.780. The molecule has 296 valence electrons. The molecule has 0 bridgehead atoms. The van der Waals surface area contributed by atoms with Crippen molar-refractivity contribution >= 4 is 11.9 Å². The number of esters is 1. The average molecular weight is 708 g/mol. The highest BCUT2D eigenvalue weighted by Gasteiger charge is 2.24. The van der Waals surface area contributed by atoms with E-state index in [4.69, 9.17) is 4.74 Å². The molecule has 50 heavy (non-hydrogen) atoms. The number of carbonyl (C=O) groups is 2. The van der Waals surface area contributed by atoms with E-state index < -0.39 is 18.2 Å². The van der Waals surface area contributed by atoms with Gasteiger partial charge in [0.25, 0.3) is 0 Å². The highest BCUT2D eigenvalue weighted by atomic mass is 16.5. The summed E-state index contributed by atoms with van der Waals surface area (Å²) in [5, 5.41) is 23.5. The summed E-state index contributed by atoms with van der Waals surface area (Å²) in [4.78, 5) is 25.8. The molecule has 0 rings (SSSR count). The van der Waals surface area contributed by atoms with Gasteiger partial charge in [0.05, 0.1) is 25.2 Å². The number of nitrogens with one attached hydrogen (secondary N) is 1. The monoisotopic (exact) mass is 708 g/mol. The van der Waals surface area contributed by atoms with E-state index in [9.17, 15) is 19.8 Å². The van der Waals surface area contributed by atoms with Crippen LogP contribution in [0.2, 0.25) is 0 Å². The number of unbranched alkanes of at least 4 members (excludes halogenated alkanes) is 25. The molecule has 0 aromatic carbocycles. The number of rotatable bonds is 39. The van der Waals surface area contributed by atoms with Gasteiger partial charge in [-0.05, 0) is 51.4 Å². The summed E-state index contributed by atoms with van der Waals surface area (Å²) in [6.07, 6.45) is 39.9. The van der Waals surface area contributed by atoms with E-state index in [0.29, 0.717) is 19.3 Å². The van der Waals surface area contributed by atoms with Crippen LogP contribution >= 0.6 is 0 Å². The summed E-state index contributed by atoms with van der Waals surface area (Å²) in [5.41, 5.74) is 0. The number of aliphatic hydroxyl groups is 2. The molecule has 6 nitrogen and oxygen atoms in total. The van der Waals surface area contributed by atoms with E-state index in [0.717, 1.165) is 51.4 Å². The van der Waals surface area contributed by atoms with Gasteiger partial charge in [0, 0.05) is 6.42 Å². The number of allylic oxidation sites excluding steroid dienone is 2. The van der Waals surface area contributed by atoms with Crippen LogP contribution < -0.4 is 5.32 Å². The molecule has 0 saturated carbocycles. The maximum atomic E-state index is 13.0. The first kappa shape index (κ1) is 48.6. The topological polar surface area (TPSA) is 95.9 Å². The summed E-state index contributed by atoms with van der Waals surface area (Å²) >= 11 is 0. The molecule has 0 aromatic heterocycles. The van der Waals surface area contributed by atoms with Gasteiger partial charge in [0.15, 0.2) is 0 Å². The van der Waals surface area contributed by atoms with Gasteiger partial charge in [-0.3, -0.25) is 9.59 Å². The Labute approximate surface area is 310 Å². The summed E-state index contributed by atoms with van der Waals surface area (Å²) < 4.78 is 5.86. The third-order valence-corrected chi connectivity index (χ3v) is 10.1. The largest absolute Gasteiger partial charge is 0.462 e. The van der Waals surface area contributed by atoms with Crippen molar-refractivity contribution in [3.8, 4) is 0 Å². The fourth-order valence-corrected chi connectivity index (χ4v) is 6.72. The van der Waals surface area contributed by atoms with Crippen LogP contribution in [0.1, 0.15) is 233 Å². The smallest absolute Gasteiger partial charge is 0.306 e. The van der Waals surface area contributed by atoms with Crippen LogP contribution in [0.5, 0.6) is 0 Å². The number of aliphatic hydroxyl groups excluding tert-OH is 2. The van der Waals surface area contributed by atoms with Crippen LogP contribution in [0.15, 0.2) is 12.2 Å². The maximum absolute atomic E-state index is 13.0. The van der Waals surface area contributed by atoms with Gasteiger partial charge in [-0.15, -0.1) is 0 Å². The van der Waals surface area contributed by atoms with E-state index in [1.165, 1.54) is 135 Å². The Morgan fingerprint density at radius 2 is 0.960 bits per heavy atom. The molecular weight excluding hydrogens is 622 g/mol. The number of amides is 1. The van der Waals surface area contributed by atoms with E-state index in [-0.39, 0.29) is 24.9 Å². The van der Waals surface area contributed by atoms with Crippen LogP contribution in [0.4, 0.5) is 0 Å². The predicted molar refractivity (Wildman–Crippen MR) is 213 cm³/mol. The molecule has 0 aromatic rings. The zero-order valence-corrected chi connectivity index (χ0v) is 33.5. The van der Waals surface area contributed by atoms with E-state index in [2.05, 4.69) is 38.2 Å². The predicted octanol–water partition coefficient (Wildman–Crippen LogP) is 12.2. The molecule has 0 spiro atoms. The van der Waals surface area contributed by atoms with Crippen molar-refractivity contribution in [3.05, 3.63) is 12.2 Å². The van der Waals surface area contributed by atoms with Gasteiger partial charge in [0.1, 0.15) is 6.10 Å². The van der Waals surface area contributed by atoms with E-state index in [1.54, 1.807) is 0 Å². The molecule has 6 heteroatoms. The first-order valence-corrected chi connectivity index (χ1v) is 21.9. The van der Waals surface area contributed by atoms with Crippen LogP contribution in [0.3, 0.4) is 0 Å². The van der Waals surface area contributed by atoms with Crippen molar-refractivity contribution in [1.82, 2.24) is 5.32 Å². The highest BCUT2D eigenvalue weighted by Crippen LogP contribution is 2.17. The van der Waals surface area contributed by atoms with Gasteiger partial charge in [-0.25, -0.2) is 0 Å². The van der Waals surface area contributed by atoms with Gasteiger partial charge in [-0.1, -0.05) is 181 Å². The van der Waals surface area contributed by atoms with Gasteiger partial charge >= 0.3 is 5.97 Å². The van der Waals surface area contributed by atoms with Gasteiger partial charge in [-0.2, -0.15) is 0 Å². The SMILES string of the molecule is CCCCCCCC/C=C\CCCCCC(=O)OC(CCCCCCCCCC)CC(=O)NC(CO)C(O)CCCCCCCCCCCC. The van der Waals surface area contributed by atoms with Gasteiger partial charge < -0.3 is 20.3 Å². The van der Waals surface area contributed by atoms with Crippen molar-refractivity contribution < 1.29 is 24.5 Å². The normalized spacial score (nSPS) is 13.5. The Balaban J connectivity index is 4.52. The molecule has 0 radical (unpaired) electrons. The molecule has 0 aliphatic rings. The molecular formula is C44H85NO5. The van der Waals surface area contributed by atoms with Crippen molar-refractivity contribution in [1.29, 1.82) is 0 Å². The fourth-order valence-electron chi connectivity index (χ4n) is 6.72. The zero-order valence-electron chi connectivity index (χ0n) is 33.5. The molecule has 3 unspecified atom stereocenters. The van der Waals surface area contributed by atoms with Crippen molar-refractivity contribution in [3.63, 3.8) is 0 Å². The summed E-state index contributed by atoms with van der Waals surface area (Å²) in [6.45, 7) is 6.43. The second kappa shape index (κ2) is 38.8. The molecule has 3 atom stereocenters. The Morgan fingerprint density at radius 3 is 1.42 bits per heavy atom. The highest BCUT2D eigenvalue weighted by molar-refractivity contribution is 5.77. The fraction of sp³-hybridized carbons (Fsp3) is 0.909. The minimum Gasteiger partial charge on any atom is -0.462 e. The average Bonchev–Trinajstić information content (AvgIpc) is 3.10. The molecule has 0 aliphatic heterocycles. The molecule has 1 amide bonds. The number of ether oxygens (including phenoxy) is 1. The van der Waals surface area contributed by atoms with Crippen LogP contribution in [0, 0.1) is 0 Å². The number of hydrogen-bond donors (Lipinski definition) is 3. The third kappa shape index (κ3) is 33.7. The lowest BCUT2D eigenvalue weighted by molar-refractivity contribution is -0.151. The van der Waals surface area contributed by atoms with E-state index in [1.807, 2.05) is 0 Å². The Bertz CT molecular complexity index is 757. The molecule has 0 aliphatic carbocycles. The molecule has 3 N–H and O–H groups in total. The zero-order chi connectivity index (χ0) is 36.8. The van der Waals surface area contributed by atoms with Gasteiger partial charge in [0.2, 0.25) is 5.91 Å². The lowest BCUT2D eigenvalue weighted by Gasteiger charge is -2.24. The Hall–Kier alpha value is -1.40. The minimum absolute atomic E-state index is 0.0765. The second-order valence-electron chi connectivity index (χ2n) is 15.1. The summed E-state index contributed by atoms with van der Waals surface area (Å²) in [7, 11) is 0. The second-order valence-corrected chi connectivity index (χ2v) is 15.1. The maximum Gasteiger partial charge on any atom is 0.306 e. The van der Waals surface area contributed by atoms with Crippen molar-refractivity contribution in [2.45, 2.75) is 251 Å². The molecule has 0 saturated heterocycles. The van der Waals surface area contributed by atoms with E-state index >= 15 is 0 Å². The number of carbonyl (C=O) groups excluding carboxylic acids is 2. The van der Waals surface area contributed by atoms with Crippen LogP contribution in [-0.2, 0) is 14.3 Å². The lowest BCUT2D eigenvalue weighted by Crippen LogP contribution is -2.46. The summed E-state index contributed by atoms with van der Waals surface area (Å²) in [5.74, 6) is -0.489. The lowest BCUT2D eigenvalue weighted by atomic mass is 10.0. The van der Waals surface area contributed by atoms with Crippen LogP contribution in [0.25, 0.3) is 0 Å². The molecule has 0 heterocycles. The van der Waals surface area contributed by atoms with Crippen molar-refractivity contribution in [2.24, 2.45) is 0 Å². The Morgan fingerprint density at radius 1 is 0.560 bits per heavy atom. The quantitative estimate of drug-likeness (QED) is 0.0336.